The Morgan fingerprint density at radius 2 is 2.05 bits per heavy atom. The Morgan fingerprint density at radius 1 is 1.33 bits per heavy atom. The lowest BCUT2D eigenvalue weighted by atomic mass is 9.77. The summed E-state index contributed by atoms with van der Waals surface area (Å²) in [6.45, 7) is 10.4. The lowest BCUT2D eigenvalue weighted by molar-refractivity contribution is 0.0755. The standard InChI is InChI=1S/C17H25ClN2O/c1-12-10-15(18)14(11-19-12)16(21)20-8-5-6-13(7-9-20)17(2,3)4/h10-11,13H,5-9H2,1-4H3. The molecule has 0 aliphatic carbocycles. The summed E-state index contributed by atoms with van der Waals surface area (Å²) in [5.41, 5.74) is 1.67. The zero-order valence-electron chi connectivity index (χ0n) is 13.4. The number of pyridine rings is 1. The van der Waals surface area contributed by atoms with Crippen molar-refractivity contribution in [1.82, 2.24) is 9.88 Å². The number of hydrogen-bond donors (Lipinski definition) is 0. The van der Waals surface area contributed by atoms with E-state index in [0.29, 0.717) is 21.9 Å². The summed E-state index contributed by atoms with van der Waals surface area (Å²) >= 11 is 6.20. The van der Waals surface area contributed by atoms with Crippen LogP contribution < -0.4 is 0 Å². The van der Waals surface area contributed by atoms with Gasteiger partial charge < -0.3 is 4.90 Å². The van der Waals surface area contributed by atoms with Crippen LogP contribution in [0, 0.1) is 18.3 Å². The number of halogens is 1. The Bertz CT molecular complexity index is 522. The van der Waals surface area contributed by atoms with Crippen LogP contribution in [0.4, 0.5) is 0 Å². The Labute approximate surface area is 132 Å². The van der Waals surface area contributed by atoms with Crippen LogP contribution in [0.3, 0.4) is 0 Å². The van der Waals surface area contributed by atoms with Gasteiger partial charge in [-0.15, -0.1) is 0 Å². The van der Waals surface area contributed by atoms with Crippen molar-refractivity contribution < 1.29 is 4.79 Å². The fourth-order valence-electron chi connectivity index (χ4n) is 3.02. The van der Waals surface area contributed by atoms with Crippen molar-refractivity contribution in [3.8, 4) is 0 Å². The molecule has 1 saturated heterocycles. The summed E-state index contributed by atoms with van der Waals surface area (Å²) < 4.78 is 0. The van der Waals surface area contributed by atoms with Crippen LogP contribution in [0.25, 0.3) is 0 Å². The highest BCUT2D eigenvalue weighted by Gasteiger charge is 2.29. The molecule has 21 heavy (non-hydrogen) atoms. The normalized spacial score (nSPS) is 20.2. The number of nitrogens with zero attached hydrogens (tertiary/aromatic N) is 2. The number of likely N-dealkylation sites (tertiary alicyclic amines) is 1. The van der Waals surface area contributed by atoms with E-state index < -0.39 is 0 Å². The number of aryl methyl sites for hydroxylation is 1. The van der Waals surface area contributed by atoms with E-state index in [2.05, 4.69) is 25.8 Å². The highest BCUT2D eigenvalue weighted by Crippen LogP contribution is 2.34. The summed E-state index contributed by atoms with van der Waals surface area (Å²) in [5.74, 6) is 0.684. The fraction of sp³-hybridized carbons (Fsp3) is 0.647. The molecule has 1 amide bonds. The minimum Gasteiger partial charge on any atom is -0.339 e. The lowest BCUT2D eigenvalue weighted by Crippen LogP contribution is -2.32. The molecule has 0 radical (unpaired) electrons. The van der Waals surface area contributed by atoms with E-state index in [4.69, 9.17) is 11.6 Å². The van der Waals surface area contributed by atoms with Crippen molar-refractivity contribution in [3.05, 3.63) is 28.5 Å². The van der Waals surface area contributed by atoms with E-state index in [9.17, 15) is 4.79 Å². The monoisotopic (exact) mass is 308 g/mol. The molecule has 1 fully saturated rings. The van der Waals surface area contributed by atoms with Gasteiger partial charge >= 0.3 is 0 Å². The van der Waals surface area contributed by atoms with Crippen LogP contribution in [0.5, 0.6) is 0 Å². The van der Waals surface area contributed by atoms with Gasteiger partial charge in [0.05, 0.1) is 10.6 Å². The summed E-state index contributed by atoms with van der Waals surface area (Å²) in [6, 6.07) is 1.75. The van der Waals surface area contributed by atoms with Crippen molar-refractivity contribution in [2.24, 2.45) is 11.3 Å². The molecule has 116 valence electrons. The van der Waals surface area contributed by atoms with Crippen LogP contribution in [-0.4, -0.2) is 28.9 Å². The molecule has 1 aromatic rings. The highest BCUT2D eigenvalue weighted by atomic mass is 35.5. The lowest BCUT2D eigenvalue weighted by Gasteiger charge is -2.29. The maximum Gasteiger partial charge on any atom is 0.256 e. The predicted octanol–water partition coefficient (Wildman–Crippen LogP) is 4.33. The molecule has 1 unspecified atom stereocenters. The van der Waals surface area contributed by atoms with E-state index in [-0.39, 0.29) is 5.91 Å². The van der Waals surface area contributed by atoms with E-state index in [1.165, 1.54) is 6.42 Å². The maximum atomic E-state index is 12.6. The number of amides is 1. The average Bonchev–Trinajstić information content (AvgIpc) is 2.63. The van der Waals surface area contributed by atoms with E-state index in [0.717, 1.165) is 31.6 Å². The minimum absolute atomic E-state index is 0.0158. The molecular formula is C17H25ClN2O. The molecule has 3 nitrogen and oxygen atoms in total. The molecule has 1 aliphatic heterocycles. The van der Waals surface area contributed by atoms with Gasteiger partial charge in [-0.1, -0.05) is 32.4 Å². The third kappa shape index (κ3) is 3.97. The first-order chi connectivity index (χ1) is 9.79. The van der Waals surface area contributed by atoms with Gasteiger partial charge in [0, 0.05) is 25.0 Å². The van der Waals surface area contributed by atoms with Gasteiger partial charge in [-0.3, -0.25) is 9.78 Å². The number of rotatable bonds is 1. The van der Waals surface area contributed by atoms with E-state index in [1.54, 1.807) is 12.3 Å². The average molecular weight is 309 g/mol. The first-order valence-electron chi connectivity index (χ1n) is 7.70. The molecule has 2 rings (SSSR count). The SMILES string of the molecule is Cc1cc(Cl)c(C(=O)N2CCCC(C(C)(C)C)CC2)cn1. The summed E-state index contributed by atoms with van der Waals surface area (Å²) in [4.78, 5) is 18.8. The van der Waals surface area contributed by atoms with Gasteiger partial charge in [-0.2, -0.15) is 0 Å². The topological polar surface area (TPSA) is 33.2 Å². The molecule has 0 N–H and O–H groups in total. The van der Waals surface area contributed by atoms with Crippen molar-refractivity contribution in [2.75, 3.05) is 13.1 Å². The van der Waals surface area contributed by atoms with E-state index >= 15 is 0 Å². The molecule has 4 heteroatoms. The number of carbonyl (C=O) groups excluding carboxylic acids is 1. The zero-order chi connectivity index (χ0) is 15.6. The van der Waals surface area contributed by atoms with Crippen LogP contribution >= 0.6 is 11.6 Å². The van der Waals surface area contributed by atoms with Crippen LogP contribution in [-0.2, 0) is 0 Å². The molecule has 1 aromatic heterocycles. The van der Waals surface area contributed by atoms with E-state index in [1.807, 2.05) is 11.8 Å². The second-order valence-corrected chi connectivity index (χ2v) is 7.50. The Kier molecular flexibility index (Phi) is 4.92. The van der Waals surface area contributed by atoms with Crippen molar-refractivity contribution >= 4 is 17.5 Å². The second-order valence-electron chi connectivity index (χ2n) is 7.09. The van der Waals surface area contributed by atoms with Gasteiger partial charge in [0.1, 0.15) is 0 Å². The molecular weight excluding hydrogens is 284 g/mol. The maximum absolute atomic E-state index is 12.6. The van der Waals surface area contributed by atoms with Gasteiger partial charge in [0.25, 0.3) is 5.91 Å². The summed E-state index contributed by atoms with van der Waals surface area (Å²) in [7, 11) is 0. The van der Waals surface area contributed by atoms with Gasteiger partial charge in [0.15, 0.2) is 0 Å². The molecule has 0 aromatic carbocycles. The Hall–Kier alpha value is -1.09. The number of hydrogen-bond acceptors (Lipinski definition) is 2. The largest absolute Gasteiger partial charge is 0.339 e. The van der Waals surface area contributed by atoms with Crippen LogP contribution in [0.2, 0.25) is 5.02 Å². The van der Waals surface area contributed by atoms with Crippen molar-refractivity contribution in [1.29, 1.82) is 0 Å². The number of carbonyl (C=O) groups is 1. The van der Waals surface area contributed by atoms with Gasteiger partial charge in [0.2, 0.25) is 0 Å². The molecule has 1 aliphatic rings. The van der Waals surface area contributed by atoms with Crippen LogP contribution in [0.1, 0.15) is 56.1 Å². The minimum atomic E-state index is 0.0158. The summed E-state index contributed by atoms with van der Waals surface area (Å²) in [5, 5.41) is 0.504. The quantitative estimate of drug-likeness (QED) is 0.773. The molecule has 0 saturated carbocycles. The summed E-state index contributed by atoms with van der Waals surface area (Å²) in [6.07, 6.45) is 4.91. The molecule has 1 atom stereocenters. The third-order valence-corrected chi connectivity index (χ3v) is 4.77. The third-order valence-electron chi connectivity index (χ3n) is 4.46. The fourth-order valence-corrected chi connectivity index (χ4v) is 3.31. The first kappa shape index (κ1) is 16.3. The van der Waals surface area contributed by atoms with Gasteiger partial charge in [-0.25, -0.2) is 0 Å². The first-order valence-corrected chi connectivity index (χ1v) is 8.08. The Morgan fingerprint density at radius 3 is 2.67 bits per heavy atom. The second kappa shape index (κ2) is 6.35. The predicted molar refractivity (Wildman–Crippen MR) is 86.7 cm³/mol. The molecule has 2 heterocycles. The highest BCUT2D eigenvalue weighted by molar-refractivity contribution is 6.33. The van der Waals surface area contributed by atoms with Crippen molar-refractivity contribution in [3.63, 3.8) is 0 Å². The smallest absolute Gasteiger partial charge is 0.256 e. The molecule has 0 bridgehead atoms. The van der Waals surface area contributed by atoms with Crippen LogP contribution in [0.15, 0.2) is 12.3 Å². The number of aromatic nitrogens is 1. The Balaban J connectivity index is 2.10. The zero-order valence-corrected chi connectivity index (χ0v) is 14.2. The van der Waals surface area contributed by atoms with Gasteiger partial charge in [-0.05, 0) is 43.6 Å². The molecule has 0 spiro atoms. The van der Waals surface area contributed by atoms with Crippen molar-refractivity contribution in [2.45, 2.75) is 47.0 Å².